The van der Waals surface area contributed by atoms with Crippen LogP contribution in [0.2, 0.25) is 0 Å². The van der Waals surface area contributed by atoms with Gasteiger partial charge in [0.2, 0.25) is 0 Å². The van der Waals surface area contributed by atoms with Gasteiger partial charge >= 0.3 is 6.03 Å². The highest BCUT2D eigenvalue weighted by atomic mass is 32.2. The summed E-state index contributed by atoms with van der Waals surface area (Å²) in [5, 5.41) is 4.56. The summed E-state index contributed by atoms with van der Waals surface area (Å²) in [6.07, 6.45) is 1.82. The summed E-state index contributed by atoms with van der Waals surface area (Å²) in [5.41, 5.74) is -0.271. The van der Waals surface area contributed by atoms with E-state index in [1.807, 2.05) is 0 Å². The Kier molecular flexibility index (Phi) is 5.12. The molecule has 10 heteroatoms. The van der Waals surface area contributed by atoms with Gasteiger partial charge in [-0.3, -0.25) is 9.50 Å². The number of nitrogens with one attached hydrogen (secondary N) is 2. The predicted octanol–water partition coefficient (Wildman–Crippen LogP) is 0.233. The number of anilines is 1. The zero-order valence-electron chi connectivity index (χ0n) is 10.3. The second kappa shape index (κ2) is 6.38. The lowest BCUT2D eigenvalue weighted by molar-refractivity contribution is 0.252. The quantitative estimate of drug-likeness (QED) is 0.752. The van der Waals surface area contributed by atoms with Crippen LogP contribution in [-0.2, 0) is 20.9 Å². The molecule has 2 N–H and O–H groups in total. The highest BCUT2D eigenvalue weighted by molar-refractivity contribution is 7.85. The smallest absolute Gasteiger partial charge is 0.320 e. The Labute approximate surface area is 109 Å². The summed E-state index contributed by atoms with van der Waals surface area (Å²) in [4.78, 5) is 18.3. The molecule has 0 spiro atoms. The minimum absolute atomic E-state index is 0.271. The Morgan fingerprint density at radius 2 is 2.16 bits per heavy atom. The van der Waals surface area contributed by atoms with Crippen molar-refractivity contribution in [3.63, 3.8) is 0 Å². The second-order valence-corrected chi connectivity index (χ2v) is 5.08. The molecular formula is C9H13FN4O4S. The van der Waals surface area contributed by atoms with Crippen LogP contribution in [0.15, 0.2) is 6.33 Å². The van der Waals surface area contributed by atoms with Crippen LogP contribution < -0.4 is 10.6 Å². The molecule has 106 valence electrons. The lowest BCUT2D eigenvalue weighted by Crippen LogP contribution is -2.29. The van der Waals surface area contributed by atoms with Gasteiger partial charge in [-0.05, 0) is 6.92 Å². The van der Waals surface area contributed by atoms with E-state index in [2.05, 4.69) is 24.8 Å². The standard InChI is InChI=1S/C9H13FN4O4S/c1-3-11-9(15)14-8-7(10)6(12-5-13-8)4-18-19(2,16)17/h5H,3-4H2,1-2H3,(H2,11,12,13,14,15). The molecule has 2 amide bonds. The van der Waals surface area contributed by atoms with Crippen LogP contribution in [0.5, 0.6) is 0 Å². The fraction of sp³-hybridized carbons (Fsp3) is 0.444. The highest BCUT2D eigenvalue weighted by Gasteiger charge is 2.15. The van der Waals surface area contributed by atoms with Crippen molar-refractivity contribution in [3.8, 4) is 0 Å². The molecule has 0 aromatic carbocycles. The molecule has 0 radical (unpaired) electrons. The number of hydrogen-bond acceptors (Lipinski definition) is 6. The van der Waals surface area contributed by atoms with Crippen molar-refractivity contribution in [3.05, 3.63) is 17.8 Å². The molecule has 1 heterocycles. The Morgan fingerprint density at radius 3 is 2.74 bits per heavy atom. The average Bonchev–Trinajstić information content (AvgIpc) is 2.29. The third-order valence-corrected chi connectivity index (χ3v) is 2.39. The van der Waals surface area contributed by atoms with E-state index < -0.39 is 28.6 Å². The minimum Gasteiger partial charge on any atom is -0.338 e. The van der Waals surface area contributed by atoms with Crippen molar-refractivity contribution < 1.29 is 21.8 Å². The number of carbonyl (C=O) groups is 1. The zero-order valence-corrected chi connectivity index (χ0v) is 11.1. The summed E-state index contributed by atoms with van der Waals surface area (Å²) >= 11 is 0. The van der Waals surface area contributed by atoms with E-state index in [0.29, 0.717) is 6.54 Å². The SMILES string of the molecule is CCNC(=O)Nc1ncnc(COS(C)(=O)=O)c1F. The van der Waals surface area contributed by atoms with Crippen LogP contribution in [0, 0.1) is 5.82 Å². The number of urea groups is 1. The van der Waals surface area contributed by atoms with Crippen LogP contribution in [-0.4, -0.2) is 37.2 Å². The molecule has 1 aromatic rings. The highest BCUT2D eigenvalue weighted by Crippen LogP contribution is 2.14. The predicted molar refractivity (Wildman–Crippen MR) is 64.3 cm³/mol. The van der Waals surface area contributed by atoms with E-state index in [1.165, 1.54) is 0 Å². The molecule has 1 rings (SSSR count). The van der Waals surface area contributed by atoms with Crippen molar-refractivity contribution in [1.82, 2.24) is 15.3 Å². The van der Waals surface area contributed by atoms with Gasteiger partial charge < -0.3 is 5.32 Å². The molecule has 0 aliphatic rings. The monoisotopic (exact) mass is 292 g/mol. The van der Waals surface area contributed by atoms with Crippen LogP contribution in [0.4, 0.5) is 15.0 Å². The Hall–Kier alpha value is -1.81. The summed E-state index contributed by atoms with van der Waals surface area (Å²) in [6, 6.07) is -0.630. The fourth-order valence-electron chi connectivity index (χ4n) is 1.07. The van der Waals surface area contributed by atoms with Crippen LogP contribution in [0.1, 0.15) is 12.6 Å². The average molecular weight is 292 g/mol. The molecule has 1 aromatic heterocycles. The first-order chi connectivity index (χ1) is 8.83. The number of amides is 2. The summed E-state index contributed by atoms with van der Waals surface area (Å²) in [6.45, 7) is 1.49. The largest absolute Gasteiger partial charge is 0.338 e. The van der Waals surface area contributed by atoms with Crippen LogP contribution in [0.3, 0.4) is 0 Å². The van der Waals surface area contributed by atoms with Gasteiger partial charge in [0.15, 0.2) is 11.6 Å². The van der Waals surface area contributed by atoms with E-state index in [9.17, 15) is 17.6 Å². The molecular weight excluding hydrogens is 279 g/mol. The number of rotatable bonds is 5. The van der Waals surface area contributed by atoms with Crippen LogP contribution >= 0.6 is 0 Å². The first-order valence-electron chi connectivity index (χ1n) is 5.22. The maximum absolute atomic E-state index is 13.8. The topological polar surface area (TPSA) is 110 Å². The van der Waals surface area contributed by atoms with Gasteiger partial charge in [0.1, 0.15) is 18.6 Å². The number of aromatic nitrogens is 2. The minimum atomic E-state index is -3.71. The Morgan fingerprint density at radius 1 is 1.47 bits per heavy atom. The molecule has 0 aliphatic heterocycles. The molecule has 0 saturated carbocycles. The van der Waals surface area contributed by atoms with Gasteiger partial charge in [-0.1, -0.05) is 0 Å². The summed E-state index contributed by atoms with van der Waals surface area (Å²) < 4.78 is 39.8. The number of halogens is 1. The van der Waals surface area contributed by atoms with Gasteiger partial charge in [-0.15, -0.1) is 0 Å². The lowest BCUT2D eigenvalue weighted by atomic mass is 10.4. The van der Waals surface area contributed by atoms with Gasteiger partial charge in [0, 0.05) is 6.54 Å². The Bertz CT molecular complexity index is 563. The molecule has 0 unspecified atom stereocenters. The third-order valence-electron chi connectivity index (χ3n) is 1.84. The Balaban J connectivity index is 2.83. The second-order valence-electron chi connectivity index (χ2n) is 3.43. The normalized spacial score (nSPS) is 11.1. The maximum Gasteiger partial charge on any atom is 0.320 e. The molecule has 19 heavy (non-hydrogen) atoms. The van der Waals surface area contributed by atoms with Gasteiger partial charge in [0.05, 0.1) is 6.26 Å². The van der Waals surface area contributed by atoms with E-state index in [0.717, 1.165) is 12.6 Å². The van der Waals surface area contributed by atoms with Gasteiger partial charge in [-0.2, -0.15) is 8.42 Å². The molecule has 8 nitrogen and oxygen atoms in total. The van der Waals surface area contributed by atoms with E-state index >= 15 is 0 Å². The van der Waals surface area contributed by atoms with Crippen molar-refractivity contribution in [2.45, 2.75) is 13.5 Å². The van der Waals surface area contributed by atoms with Gasteiger partial charge in [0.25, 0.3) is 10.1 Å². The van der Waals surface area contributed by atoms with E-state index in [-0.39, 0.29) is 11.5 Å². The summed E-state index contributed by atoms with van der Waals surface area (Å²) in [5.74, 6) is -1.30. The molecule has 0 aliphatic carbocycles. The van der Waals surface area contributed by atoms with Crippen molar-refractivity contribution in [2.75, 3.05) is 18.1 Å². The van der Waals surface area contributed by atoms with Gasteiger partial charge in [-0.25, -0.2) is 19.2 Å². The zero-order chi connectivity index (χ0) is 14.5. The molecule has 0 fully saturated rings. The maximum atomic E-state index is 13.8. The first-order valence-corrected chi connectivity index (χ1v) is 7.03. The van der Waals surface area contributed by atoms with Crippen LogP contribution in [0.25, 0.3) is 0 Å². The fourth-order valence-corrected chi connectivity index (χ4v) is 1.39. The van der Waals surface area contributed by atoms with Crippen molar-refractivity contribution in [1.29, 1.82) is 0 Å². The van der Waals surface area contributed by atoms with E-state index in [1.54, 1.807) is 6.92 Å². The van der Waals surface area contributed by atoms with E-state index in [4.69, 9.17) is 0 Å². The number of carbonyl (C=O) groups excluding carboxylic acids is 1. The molecule has 0 atom stereocenters. The van der Waals surface area contributed by atoms with Crippen molar-refractivity contribution >= 4 is 22.0 Å². The lowest BCUT2D eigenvalue weighted by Gasteiger charge is -2.08. The molecule has 0 saturated heterocycles. The number of nitrogens with zero attached hydrogens (tertiary/aromatic N) is 2. The number of hydrogen-bond donors (Lipinski definition) is 2. The summed E-state index contributed by atoms with van der Waals surface area (Å²) in [7, 11) is -3.71. The third kappa shape index (κ3) is 5.14. The molecule has 0 bridgehead atoms. The van der Waals surface area contributed by atoms with Crippen molar-refractivity contribution in [2.24, 2.45) is 0 Å². The first kappa shape index (κ1) is 15.2.